The van der Waals surface area contributed by atoms with E-state index in [0.717, 1.165) is 17.6 Å². The van der Waals surface area contributed by atoms with Crippen LogP contribution in [0.2, 0.25) is 0 Å². The lowest BCUT2D eigenvalue weighted by Crippen LogP contribution is -2.16. The van der Waals surface area contributed by atoms with E-state index in [-0.39, 0.29) is 0 Å². The van der Waals surface area contributed by atoms with E-state index in [0.29, 0.717) is 0 Å². The minimum absolute atomic E-state index is 0.418. The van der Waals surface area contributed by atoms with Crippen LogP contribution in [0.5, 0.6) is 0 Å². The molecule has 0 spiro atoms. The maximum Gasteiger partial charge on any atom is 0.0567 e. The Bertz CT molecular complexity index is 662. The van der Waals surface area contributed by atoms with E-state index in [1.807, 2.05) is 30.3 Å². The molecule has 3 heteroatoms. The first-order chi connectivity index (χ1) is 11.3. The van der Waals surface area contributed by atoms with Crippen LogP contribution >= 0.6 is 16.1 Å². The van der Waals surface area contributed by atoms with Gasteiger partial charge in [0.15, 0.2) is 0 Å². The largest absolute Gasteiger partial charge is 0.369 e. The second-order valence-electron chi connectivity index (χ2n) is 5.28. The van der Waals surface area contributed by atoms with Gasteiger partial charge in [0.05, 0.1) is 8.15 Å². The fourth-order valence-corrected chi connectivity index (χ4v) is 6.76. The van der Waals surface area contributed by atoms with Gasteiger partial charge in [0.1, 0.15) is 0 Å². The smallest absolute Gasteiger partial charge is 0.0567 e. The summed E-state index contributed by atoms with van der Waals surface area (Å²) in [5, 5.41) is 3.83. The van der Waals surface area contributed by atoms with Crippen molar-refractivity contribution in [3.63, 3.8) is 0 Å². The van der Waals surface area contributed by atoms with Crippen LogP contribution in [0, 0.1) is 0 Å². The van der Waals surface area contributed by atoms with E-state index in [1.165, 1.54) is 10.6 Å². The summed E-state index contributed by atoms with van der Waals surface area (Å²) in [5.74, 6) is 0. The summed E-state index contributed by atoms with van der Waals surface area (Å²) in [6.07, 6.45) is 1.86. The number of hydrogen-bond acceptors (Lipinski definition) is 1. The quantitative estimate of drug-likeness (QED) is 0.677. The zero-order chi connectivity index (χ0) is 15.9. The minimum Gasteiger partial charge on any atom is -0.369 e. The summed E-state index contributed by atoms with van der Waals surface area (Å²) in [6, 6.07) is 31.4. The molecule has 0 saturated heterocycles. The molecule has 116 valence electrons. The Hall–Kier alpha value is -1.52. The van der Waals surface area contributed by atoms with Crippen LogP contribution in [0.4, 0.5) is 0 Å². The molecule has 0 bridgehead atoms. The Balaban J connectivity index is 1.77. The van der Waals surface area contributed by atoms with Gasteiger partial charge in [0, 0.05) is 11.5 Å². The van der Waals surface area contributed by atoms with E-state index >= 15 is 0 Å². The Morgan fingerprint density at radius 2 is 0.913 bits per heavy atom. The van der Waals surface area contributed by atoms with Gasteiger partial charge in [-0.15, -0.1) is 0 Å². The first kappa shape index (κ1) is 16.3. The van der Waals surface area contributed by atoms with E-state index in [9.17, 15) is 4.89 Å². The van der Waals surface area contributed by atoms with Gasteiger partial charge in [-0.25, -0.2) is 0 Å². The van der Waals surface area contributed by atoms with Gasteiger partial charge in [0.2, 0.25) is 0 Å². The lowest BCUT2D eigenvalue weighted by molar-refractivity contribution is 0.636. The van der Waals surface area contributed by atoms with E-state index in [2.05, 4.69) is 60.7 Å². The highest BCUT2D eigenvalue weighted by Crippen LogP contribution is 2.39. The van der Waals surface area contributed by atoms with Crippen molar-refractivity contribution in [2.45, 2.75) is 0 Å². The second-order valence-corrected chi connectivity index (χ2v) is 9.38. The molecular weight excluding hydrogens is 318 g/mol. The number of hydrogen-bond donors (Lipinski definition) is 1. The molecule has 0 aliphatic carbocycles. The molecule has 1 unspecified atom stereocenters. The summed E-state index contributed by atoms with van der Waals surface area (Å²) >= 11 is 0. The minimum atomic E-state index is -1.07. The molecule has 0 aromatic heterocycles. The van der Waals surface area contributed by atoms with Crippen LogP contribution in [-0.4, -0.2) is 17.2 Å². The van der Waals surface area contributed by atoms with Crippen LogP contribution < -0.4 is 15.9 Å². The fourth-order valence-electron chi connectivity index (χ4n) is 2.55. The molecule has 3 aromatic rings. The average Bonchev–Trinajstić information content (AvgIpc) is 2.64. The Morgan fingerprint density at radius 3 is 1.35 bits per heavy atom. The molecule has 1 nitrogen and oxygen atoms in total. The molecule has 0 amide bonds. The SMILES string of the molecule is OP(CCP(c1ccccc1)c1ccccc1)c1ccccc1. The van der Waals surface area contributed by atoms with Crippen molar-refractivity contribution >= 4 is 32.0 Å². The highest BCUT2D eigenvalue weighted by atomic mass is 31.1. The number of rotatable bonds is 6. The van der Waals surface area contributed by atoms with Crippen LogP contribution in [0.25, 0.3) is 0 Å². The number of benzene rings is 3. The highest BCUT2D eigenvalue weighted by Gasteiger charge is 2.16. The van der Waals surface area contributed by atoms with Crippen LogP contribution in [-0.2, 0) is 0 Å². The summed E-state index contributed by atoms with van der Waals surface area (Å²) < 4.78 is 0. The van der Waals surface area contributed by atoms with Crippen molar-refractivity contribution < 1.29 is 4.89 Å². The molecule has 0 saturated carbocycles. The predicted octanol–water partition coefficient (Wildman–Crippen LogP) is 3.83. The highest BCUT2D eigenvalue weighted by molar-refractivity contribution is 7.74. The third kappa shape index (κ3) is 4.49. The van der Waals surface area contributed by atoms with Crippen LogP contribution in [0.15, 0.2) is 91.0 Å². The van der Waals surface area contributed by atoms with Gasteiger partial charge in [-0.2, -0.15) is 0 Å². The molecule has 0 radical (unpaired) electrons. The Morgan fingerprint density at radius 1 is 0.522 bits per heavy atom. The molecule has 1 N–H and O–H groups in total. The van der Waals surface area contributed by atoms with Crippen molar-refractivity contribution in [1.82, 2.24) is 0 Å². The Kier molecular flexibility index (Phi) is 5.94. The topological polar surface area (TPSA) is 20.2 Å². The van der Waals surface area contributed by atoms with Crippen LogP contribution in [0.3, 0.4) is 0 Å². The van der Waals surface area contributed by atoms with Gasteiger partial charge in [-0.3, -0.25) is 0 Å². The summed E-state index contributed by atoms with van der Waals surface area (Å²) in [4.78, 5) is 10.5. The summed E-state index contributed by atoms with van der Waals surface area (Å²) in [7, 11) is -1.49. The standard InChI is InChI=1S/C20H20OP2/c21-23(20-14-8-3-9-15-20)17-16-22(18-10-4-1-5-11-18)19-12-6-2-7-13-19/h1-15,21H,16-17H2. The van der Waals surface area contributed by atoms with Crippen LogP contribution in [0.1, 0.15) is 0 Å². The Labute approximate surface area is 140 Å². The van der Waals surface area contributed by atoms with Gasteiger partial charge in [-0.1, -0.05) is 91.0 Å². The van der Waals surface area contributed by atoms with Gasteiger partial charge in [-0.05, 0) is 24.7 Å². The van der Waals surface area contributed by atoms with Crippen molar-refractivity contribution in [2.24, 2.45) is 0 Å². The molecular formula is C20H20OP2. The van der Waals surface area contributed by atoms with Crippen molar-refractivity contribution in [3.8, 4) is 0 Å². The van der Waals surface area contributed by atoms with E-state index in [1.54, 1.807) is 0 Å². The van der Waals surface area contributed by atoms with E-state index in [4.69, 9.17) is 0 Å². The molecule has 0 aliphatic rings. The third-order valence-corrected chi connectivity index (χ3v) is 8.13. The second kappa shape index (κ2) is 8.37. The van der Waals surface area contributed by atoms with Gasteiger partial charge in [0.25, 0.3) is 0 Å². The van der Waals surface area contributed by atoms with Gasteiger partial charge >= 0.3 is 0 Å². The first-order valence-corrected chi connectivity index (χ1v) is 10.7. The fraction of sp³-hybridized carbons (Fsp3) is 0.100. The molecule has 23 heavy (non-hydrogen) atoms. The molecule has 3 aromatic carbocycles. The van der Waals surface area contributed by atoms with Crippen molar-refractivity contribution in [2.75, 3.05) is 12.3 Å². The first-order valence-electron chi connectivity index (χ1n) is 7.74. The maximum atomic E-state index is 10.5. The molecule has 0 aliphatic heterocycles. The molecule has 0 fully saturated rings. The average molecular weight is 338 g/mol. The third-order valence-electron chi connectivity index (χ3n) is 3.73. The van der Waals surface area contributed by atoms with Gasteiger partial charge < -0.3 is 4.89 Å². The zero-order valence-electron chi connectivity index (χ0n) is 12.9. The molecule has 0 heterocycles. The van der Waals surface area contributed by atoms with Crippen molar-refractivity contribution in [1.29, 1.82) is 0 Å². The molecule has 3 rings (SSSR count). The van der Waals surface area contributed by atoms with Crippen molar-refractivity contribution in [3.05, 3.63) is 91.0 Å². The zero-order valence-corrected chi connectivity index (χ0v) is 14.7. The molecule has 1 atom stereocenters. The maximum absolute atomic E-state index is 10.5. The van der Waals surface area contributed by atoms with E-state index < -0.39 is 16.1 Å². The lowest BCUT2D eigenvalue weighted by atomic mass is 10.4. The predicted molar refractivity (Wildman–Crippen MR) is 104 cm³/mol. The normalized spacial score (nSPS) is 12.3. The lowest BCUT2D eigenvalue weighted by Gasteiger charge is -2.20. The summed E-state index contributed by atoms with van der Waals surface area (Å²) in [6.45, 7) is 0. The summed E-state index contributed by atoms with van der Waals surface area (Å²) in [5.41, 5.74) is 0. The monoisotopic (exact) mass is 338 g/mol.